The Balaban J connectivity index is 2.86. The highest BCUT2D eigenvalue weighted by molar-refractivity contribution is 5.83. The van der Waals surface area contributed by atoms with Gasteiger partial charge in [-0.15, -0.1) is 0 Å². The third kappa shape index (κ3) is 2.72. The molecule has 0 fully saturated rings. The quantitative estimate of drug-likeness (QED) is 0.773. The number of rotatable bonds is 3. The zero-order valence-corrected chi connectivity index (χ0v) is 9.63. The summed E-state index contributed by atoms with van der Waals surface area (Å²) in [6.45, 7) is 5.59. The average Bonchev–Trinajstić information content (AvgIpc) is 2.20. The molecule has 0 radical (unpaired) electrons. The first-order valence-corrected chi connectivity index (χ1v) is 4.89. The van der Waals surface area contributed by atoms with E-state index in [0.29, 0.717) is 0 Å². The van der Waals surface area contributed by atoms with Crippen LogP contribution in [0.3, 0.4) is 0 Å². The molecule has 0 aliphatic rings. The second-order valence-electron chi connectivity index (χ2n) is 4.06. The number of methoxy groups -OCH3 is 1. The third-order valence-electron chi connectivity index (χ3n) is 2.29. The Kier molecular flexibility index (Phi) is 3.35. The van der Waals surface area contributed by atoms with Crippen LogP contribution in [0.1, 0.15) is 19.4 Å². The van der Waals surface area contributed by atoms with Crippen LogP contribution in [0.4, 0.5) is 5.69 Å². The van der Waals surface area contributed by atoms with E-state index in [4.69, 9.17) is 4.74 Å². The van der Waals surface area contributed by atoms with Gasteiger partial charge in [0.15, 0.2) is 0 Å². The van der Waals surface area contributed by atoms with Crippen LogP contribution < -0.4 is 5.32 Å². The fourth-order valence-electron chi connectivity index (χ4n) is 1.36. The second-order valence-corrected chi connectivity index (χ2v) is 4.06. The Morgan fingerprint density at radius 1 is 1.33 bits per heavy atom. The van der Waals surface area contributed by atoms with Gasteiger partial charge in [0.05, 0.1) is 7.11 Å². The number of carbonyl (C=O) groups excluding carboxylic acids is 1. The molecular formula is C12H17NO2. The minimum atomic E-state index is -0.707. The standard InChI is InChI=1S/C12H17NO2/c1-9-7-5-6-8-10(9)13-12(2,3)11(14)15-4/h5-8,13H,1-4H3. The van der Waals surface area contributed by atoms with E-state index < -0.39 is 5.54 Å². The fraction of sp³-hybridized carbons (Fsp3) is 0.417. The summed E-state index contributed by atoms with van der Waals surface area (Å²) in [6.07, 6.45) is 0. The molecule has 0 saturated heterocycles. The molecule has 3 nitrogen and oxygen atoms in total. The van der Waals surface area contributed by atoms with Gasteiger partial charge in [-0.3, -0.25) is 0 Å². The van der Waals surface area contributed by atoms with Crippen molar-refractivity contribution in [3.63, 3.8) is 0 Å². The van der Waals surface area contributed by atoms with Crippen molar-refractivity contribution < 1.29 is 9.53 Å². The van der Waals surface area contributed by atoms with E-state index in [-0.39, 0.29) is 5.97 Å². The first-order valence-electron chi connectivity index (χ1n) is 4.89. The van der Waals surface area contributed by atoms with Gasteiger partial charge in [0.2, 0.25) is 0 Å². The summed E-state index contributed by atoms with van der Waals surface area (Å²) in [4.78, 5) is 11.5. The smallest absolute Gasteiger partial charge is 0.330 e. The third-order valence-corrected chi connectivity index (χ3v) is 2.29. The van der Waals surface area contributed by atoms with Crippen LogP contribution in [0.15, 0.2) is 24.3 Å². The Labute approximate surface area is 90.4 Å². The molecule has 1 aromatic rings. The molecule has 15 heavy (non-hydrogen) atoms. The molecule has 0 aliphatic heterocycles. The van der Waals surface area contributed by atoms with Gasteiger partial charge in [-0.1, -0.05) is 18.2 Å². The minimum absolute atomic E-state index is 0.272. The summed E-state index contributed by atoms with van der Waals surface area (Å²) in [5.74, 6) is -0.272. The highest BCUT2D eigenvalue weighted by atomic mass is 16.5. The predicted molar refractivity (Wildman–Crippen MR) is 60.9 cm³/mol. The number of carbonyl (C=O) groups is 1. The van der Waals surface area contributed by atoms with Crippen molar-refractivity contribution >= 4 is 11.7 Å². The normalized spacial score (nSPS) is 10.9. The van der Waals surface area contributed by atoms with Crippen molar-refractivity contribution in [1.29, 1.82) is 0 Å². The monoisotopic (exact) mass is 207 g/mol. The Morgan fingerprint density at radius 2 is 1.93 bits per heavy atom. The number of hydrogen-bond donors (Lipinski definition) is 1. The van der Waals surface area contributed by atoms with Crippen molar-refractivity contribution in [1.82, 2.24) is 0 Å². The molecule has 0 atom stereocenters. The highest BCUT2D eigenvalue weighted by Gasteiger charge is 2.28. The molecule has 0 aliphatic carbocycles. The van der Waals surface area contributed by atoms with Gasteiger partial charge in [-0.2, -0.15) is 0 Å². The van der Waals surface area contributed by atoms with Gasteiger partial charge in [0, 0.05) is 5.69 Å². The molecule has 82 valence electrons. The lowest BCUT2D eigenvalue weighted by Gasteiger charge is -2.25. The fourth-order valence-corrected chi connectivity index (χ4v) is 1.36. The SMILES string of the molecule is COC(=O)C(C)(C)Nc1ccccc1C. The van der Waals surface area contributed by atoms with Gasteiger partial charge in [-0.25, -0.2) is 4.79 Å². The number of ether oxygens (including phenoxy) is 1. The molecule has 0 bridgehead atoms. The van der Waals surface area contributed by atoms with Crippen LogP contribution >= 0.6 is 0 Å². The van der Waals surface area contributed by atoms with Crippen LogP contribution in [0, 0.1) is 6.92 Å². The van der Waals surface area contributed by atoms with Crippen LogP contribution in [0.5, 0.6) is 0 Å². The Bertz CT molecular complexity index is 358. The van der Waals surface area contributed by atoms with E-state index >= 15 is 0 Å². The molecule has 0 aromatic heterocycles. The average molecular weight is 207 g/mol. The molecule has 0 heterocycles. The van der Waals surface area contributed by atoms with Gasteiger partial charge in [-0.05, 0) is 32.4 Å². The van der Waals surface area contributed by atoms with Crippen molar-refractivity contribution in [2.45, 2.75) is 26.3 Å². The van der Waals surface area contributed by atoms with E-state index in [2.05, 4.69) is 5.32 Å². The number of aryl methyl sites for hydroxylation is 1. The van der Waals surface area contributed by atoms with Crippen LogP contribution in [-0.2, 0) is 9.53 Å². The lowest BCUT2D eigenvalue weighted by molar-refractivity contribution is -0.144. The van der Waals surface area contributed by atoms with Gasteiger partial charge < -0.3 is 10.1 Å². The highest BCUT2D eigenvalue weighted by Crippen LogP contribution is 2.19. The van der Waals surface area contributed by atoms with Gasteiger partial charge in [0.1, 0.15) is 5.54 Å². The van der Waals surface area contributed by atoms with Gasteiger partial charge in [0.25, 0.3) is 0 Å². The summed E-state index contributed by atoms with van der Waals surface area (Å²) >= 11 is 0. The van der Waals surface area contributed by atoms with Crippen LogP contribution in [0.2, 0.25) is 0 Å². The first-order chi connectivity index (χ1) is 6.97. The maximum absolute atomic E-state index is 11.5. The molecule has 1 N–H and O–H groups in total. The molecule has 1 aromatic carbocycles. The lowest BCUT2D eigenvalue weighted by atomic mass is 10.0. The first kappa shape index (κ1) is 11.6. The van der Waals surface area contributed by atoms with E-state index in [1.807, 2.05) is 31.2 Å². The summed E-state index contributed by atoms with van der Waals surface area (Å²) in [5.41, 5.74) is 1.35. The topological polar surface area (TPSA) is 38.3 Å². The molecular weight excluding hydrogens is 190 g/mol. The molecule has 3 heteroatoms. The second kappa shape index (κ2) is 4.34. The van der Waals surface area contributed by atoms with Crippen molar-refractivity contribution in [2.24, 2.45) is 0 Å². The Morgan fingerprint density at radius 3 is 2.47 bits per heavy atom. The van der Waals surface area contributed by atoms with Crippen LogP contribution in [-0.4, -0.2) is 18.6 Å². The van der Waals surface area contributed by atoms with E-state index in [0.717, 1.165) is 11.3 Å². The zero-order chi connectivity index (χ0) is 11.5. The summed E-state index contributed by atoms with van der Waals surface area (Å²) in [7, 11) is 1.39. The van der Waals surface area contributed by atoms with Gasteiger partial charge >= 0.3 is 5.97 Å². The van der Waals surface area contributed by atoms with E-state index in [9.17, 15) is 4.79 Å². The molecule has 0 amide bonds. The van der Waals surface area contributed by atoms with E-state index in [1.165, 1.54) is 7.11 Å². The Hall–Kier alpha value is -1.51. The van der Waals surface area contributed by atoms with E-state index in [1.54, 1.807) is 13.8 Å². The summed E-state index contributed by atoms with van der Waals surface area (Å²) < 4.78 is 4.73. The number of anilines is 1. The minimum Gasteiger partial charge on any atom is -0.467 e. The molecule has 0 unspecified atom stereocenters. The van der Waals surface area contributed by atoms with Crippen molar-refractivity contribution in [3.05, 3.63) is 29.8 Å². The van der Waals surface area contributed by atoms with Crippen LogP contribution in [0.25, 0.3) is 0 Å². The number of esters is 1. The number of hydrogen-bond acceptors (Lipinski definition) is 3. The summed E-state index contributed by atoms with van der Waals surface area (Å²) in [6, 6.07) is 7.84. The molecule has 0 saturated carbocycles. The largest absolute Gasteiger partial charge is 0.467 e. The zero-order valence-electron chi connectivity index (χ0n) is 9.63. The number of para-hydroxylation sites is 1. The maximum Gasteiger partial charge on any atom is 0.330 e. The number of nitrogens with one attached hydrogen (secondary N) is 1. The van der Waals surface area contributed by atoms with Crippen molar-refractivity contribution in [2.75, 3.05) is 12.4 Å². The number of benzene rings is 1. The van der Waals surface area contributed by atoms with Crippen molar-refractivity contribution in [3.8, 4) is 0 Å². The molecule has 0 spiro atoms. The summed E-state index contributed by atoms with van der Waals surface area (Å²) in [5, 5.41) is 3.16. The molecule has 1 rings (SSSR count). The predicted octanol–water partition coefficient (Wildman–Crippen LogP) is 2.36. The lowest BCUT2D eigenvalue weighted by Crippen LogP contribution is -2.41. The maximum atomic E-state index is 11.5.